The summed E-state index contributed by atoms with van der Waals surface area (Å²) in [5, 5.41) is 0. The Bertz CT molecular complexity index is 831. The molecule has 2 rings (SSSR count). The quantitative estimate of drug-likeness (QED) is 0.450. The molecule has 0 aliphatic carbocycles. The number of alkyl halides is 11. The molecule has 0 bridgehead atoms. The van der Waals surface area contributed by atoms with Gasteiger partial charge in [0.05, 0.1) is 14.1 Å². The molecule has 0 aliphatic heterocycles. The van der Waals surface area contributed by atoms with E-state index < -0.39 is 35.7 Å². The lowest BCUT2D eigenvalue weighted by atomic mass is 9.97. The Labute approximate surface area is 160 Å². The summed E-state index contributed by atoms with van der Waals surface area (Å²) in [4.78, 5) is 0. The van der Waals surface area contributed by atoms with Gasteiger partial charge in [0, 0.05) is 0 Å². The first-order valence-corrected chi connectivity index (χ1v) is 6.95. The van der Waals surface area contributed by atoms with Crippen molar-refractivity contribution < 1.29 is 69.8 Å². The Morgan fingerprint density at radius 1 is 0.750 bits per heavy atom. The minimum atomic E-state index is -7.44. The summed E-state index contributed by atoms with van der Waals surface area (Å²) in [6, 6.07) is 4.84. The smallest absolute Gasteiger partial charge is 0.460 e. The number of benzene rings is 1. The van der Waals surface area contributed by atoms with Gasteiger partial charge in [-0.15, -0.1) is 0 Å². The van der Waals surface area contributed by atoms with Crippen molar-refractivity contribution in [2.45, 2.75) is 29.9 Å². The SMILES string of the molecule is Cn1c(C(F)(F)C(F)(F)C(F)(F)C(F)(F)C(F)(F)F)[n+](C)c2ccccc21.[Br-]. The molecule has 1 heterocycles. The van der Waals surface area contributed by atoms with Crippen LogP contribution < -0.4 is 21.5 Å². The molecule has 0 spiro atoms. The van der Waals surface area contributed by atoms with E-state index in [1.807, 2.05) is 0 Å². The number of aryl methyl sites for hydroxylation is 2. The van der Waals surface area contributed by atoms with E-state index in [1.54, 1.807) is 0 Å². The molecule has 0 saturated carbocycles. The van der Waals surface area contributed by atoms with Gasteiger partial charge < -0.3 is 17.0 Å². The van der Waals surface area contributed by atoms with Gasteiger partial charge >= 0.3 is 35.7 Å². The van der Waals surface area contributed by atoms with Gasteiger partial charge in [0.25, 0.3) is 0 Å². The van der Waals surface area contributed by atoms with E-state index in [4.69, 9.17) is 0 Å². The summed E-state index contributed by atoms with van der Waals surface area (Å²) in [6.07, 6.45) is -7.18. The fraction of sp³-hybridized carbons (Fsp3) is 0.500. The van der Waals surface area contributed by atoms with E-state index in [0.717, 1.165) is 26.2 Å². The first-order valence-electron chi connectivity index (χ1n) is 6.95. The van der Waals surface area contributed by atoms with Crippen LogP contribution in [0.1, 0.15) is 5.82 Å². The molecule has 2 nitrogen and oxygen atoms in total. The number of para-hydroxylation sites is 2. The first kappa shape index (κ1) is 24.4. The normalized spacial score (nSPS) is 14.3. The lowest BCUT2D eigenvalue weighted by Gasteiger charge is -2.35. The van der Waals surface area contributed by atoms with Crippen molar-refractivity contribution >= 4 is 11.0 Å². The topological polar surface area (TPSA) is 8.81 Å². The fourth-order valence-electron chi connectivity index (χ4n) is 2.62. The molecule has 0 N–H and O–H groups in total. The summed E-state index contributed by atoms with van der Waals surface area (Å²) in [5.74, 6) is -29.9. The Morgan fingerprint density at radius 3 is 1.64 bits per heavy atom. The number of halogens is 12. The Morgan fingerprint density at radius 2 is 1.21 bits per heavy atom. The van der Waals surface area contributed by atoms with E-state index in [1.165, 1.54) is 12.1 Å². The highest BCUT2D eigenvalue weighted by molar-refractivity contribution is 5.72. The summed E-state index contributed by atoms with van der Waals surface area (Å²) in [6.45, 7) is 0. The molecule has 28 heavy (non-hydrogen) atoms. The highest BCUT2D eigenvalue weighted by atomic mass is 79.9. The van der Waals surface area contributed by atoms with E-state index in [0.29, 0.717) is 9.13 Å². The first-order chi connectivity index (χ1) is 11.9. The van der Waals surface area contributed by atoms with Crippen LogP contribution in [0.4, 0.5) is 48.3 Å². The highest BCUT2D eigenvalue weighted by Gasteiger charge is 2.89. The number of aromatic nitrogens is 2. The minimum absolute atomic E-state index is 0. The van der Waals surface area contributed by atoms with Crippen molar-refractivity contribution in [2.24, 2.45) is 14.1 Å². The molecule has 0 saturated heterocycles. The maximum absolute atomic E-state index is 14.3. The molecule has 1 aromatic heterocycles. The monoisotopic (exact) mass is 494 g/mol. The molecular weight excluding hydrogens is 485 g/mol. The second-order valence-corrected chi connectivity index (χ2v) is 5.73. The molecule has 2 aromatic rings. The summed E-state index contributed by atoms with van der Waals surface area (Å²) in [5.41, 5.74) is -0.340. The molecule has 0 atom stereocenters. The molecule has 0 amide bonds. The second-order valence-electron chi connectivity index (χ2n) is 5.73. The van der Waals surface area contributed by atoms with Crippen molar-refractivity contribution in [3.8, 4) is 0 Å². The van der Waals surface area contributed by atoms with Crippen molar-refractivity contribution in [3.05, 3.63) is 30.1 Å². The molecule has 160 valence electrons. The van der Waals surface area contributed by atoms with Crippen LogP contribution in [0.3, 0.4) is 0 Å². The number of fused-ring (bicyclic) bond motifs is 1. The summed E-state index contributed by atoms with van der Waals surface area (Å²) >= 11 is 0. The number of hydrogen-bond donors (Lipinski definition) is 0. The van der Waals surface area contributed by atoms with Crippen molar-refractivity contribution in [1.82, 2.24) is 4.57 Å². The van der Waals surface area contributed by atoms with Gasteiger partial charge in [0.2, 0.25) is 0 Å². The lowest BCUT2D eigenvalue weighted by molar-refractivity contribution is -0.668. The van der Waals surface area contributed by atoms with Crippen LogP contribution >= 0.6 is 0 Å². The molecule has 0 aliphatic rings. The van der Waals surface area contributed by atoms with E-state index in [-0.39, 0.29) is 28.0 Å². The average Bonchev–Trinajstić information content (AvgIpc) is 2.78. The number of imidazole rings is 1. The predicted molar refractivity (Wildman–Crippen MR) is 68.9 cm³/mol. The Balaban J connectivity index is 0.00000392. The van der Waals surface area contributed by atoms with E-state index in [9.17, 15) is 48.3 Å². The average molecular weight is 495 g/mol. The van der Waals surface area contributed by atoms with Crippen LogP contribution in [0.2, 0.25) is 0 Å². The third kappa shape index (κ3) is 2.94. The van der Waals surface area contributed by atoms with Crippen LogP contribution in [0.5, 0.6) is 0 Å². The largest absolute Gasteiger partial charge is 1.00 e. The van der Waals surface area contributed by atoms with Crippen LogP contribution in [-0.2, 0) is 20.0 Å². The maximum Gasteiger partial charge on any atom is 0.460 e. The second kappa shape index (κ2) is 6.73. The molecule has 0 fully saturated rings. The summed E-state index contributed by atoms with van der Waals surface area (Å²) < 4.78 is 146. The van der Waals surface area contributed by atoms with Gasteiger partial charge in [0.15, 0.2) is 11.0 Å². The lowest BCUT2D eigenvalue weighted by Crippen LogP contribution is -3.00. The molecule has 0 unspecified atom stereocenters. The van der Waals surface area contributed by atoms with Crippen LogP contribution in [0, 0.1) is 0 Å². The fourth-order valence-corrected chi connectivity index (χ4v) is 2.62. The molecular formula is C14H10BrF11N2. The zero-order valence-electron chi connectivity index (χ0n) is 13.7. The third-order valence-corrected chi connectivity index (χ3v) is 4.06. The zero-order valence-corrected chi connectivity index (χ0v) is 15.3. The predicted octanol–water partition coefficient (Wildman–Crippen LogP) is 1.57. The maximum atomic E-state index is 14.3. The third-order valence-electron chi connectivity index (χ3n) is 4.06. The highest BCUT2D eigenvalue weighted by Crippen LogP contribution is 2.59. The number of nitrogens with zero attached hydrogens (tertiary/aromatic N) is 2. The van der Waals surface area contributed by atoms with Crippen LogP contribution in [0.25, 0.3) is 11.0 Å². The number of hydrogen-bond acceptors (Lipinski definition) is 0. The van der Waals surface area contributed by atoms with Crippen LogP contribution in [0.15, 0.2) is 24.3 Å². The standard InChI is InChI=1S/C14H10F11N2.BrH/c1-26-7-5-3-4-6-8(7)27(2)9(26)10(15,16)11(17,18)12(19,20)13(21,22)14(23,24)25;/h3-6H,1-2H3;1H/q+1;/p-1. The summed E-state index contributed by atoms with van der Waals surface area (Å²) in [7, 11) is 1.50. The van der Waals surface area contributed by atoms with Crippen molar-refractivity contribution in [2.75, 3.05) is 0 Å². The van der Waals surface area contributed by atoms with Gasteiger partial charge in [-0.05, 0) is 12.1 Å². The number of rotatable bonds is 4. The zero-order chi connectivity index (χ0) is 21.2. The Hall–Kier alpha value is -1.60. The molecule has 1 aromatic carbocycles. The Kier molecular flexibility index (Phi) is 5.87. The van der Waals surface area contributed by atoms with Gasteiger partial charge in [-0.25, -0.2) is 9.13 Å². The molecule has 0 radical (unpaired) electrons. The van der Waals surface area contributed by atoms with E-state index in [2.05, 4.69) is 0 Å². The van der Waals surface area contributed by atoms with Gasteiger partial charge in [0.1, 0.15) is 0 Å². The van der Waals surface area contributed by atoms with Gasteiger partial charge in [-0.2, -0.15) is 48.3 Å². The van der Waals surface area contributed by atoms with Crippen LogP contribution in [-0.4, -0.2) is 28.5 Å². The van der Waals surface area contributed by atoms with Crippen molar-refractivity contribution in [1.29, 1.82) is 0 Å². The van der Waals surface area contributed by atoms with E-state index >= 15 is 0 Å². The van der Waals surface area contributed by atoms with Gasteiger partial charge in [-0.3, -0.25) is 0 Å². The minimum Gasteiger partial charge on any atom is -1.00 e. The molecule has 14 heteroatoms. The van der Waals surface area contributed by atoms with Crippen molar-refractivity contribution in [3.63, 3.8) is 0 Å². The van der Waals surface area contributed by atoms with Gasteiger partial charge in [-0.1, -0.05) is 12.1 Å².